The maximum Gasteiger partial charge on any atom is 0.306 e. The van der Waals surface area contributed by atoms with Crippen molar-refractivity contribution in [3.63, 3.8) is 0 Å². The molecular weight excluding hydrogens is 615 g/mol. The number of rotatable bonds is 6. The van der Waals surface area contributed by atoms with Gasteiger partial charge in [-0.15, -0.1) is 5.10 Å². The molecule has 0 fully saturated rings. The molecule has 6 heteroatoms. The van der Waals surface area contributed by atoms with Crippen molar-refractivity contribution in [3.05, 3.63) is 185 Å². The third-order valence-corrected chi connectivity index (χ3v) is 9.79. The number of fused-ring (bicyclic) bond motifs is 2. The molecule has 2 aliphatic heterocycles. The zero-order valence-electron chi connectivity index (χ0n) is 27.4. The van der Waals surface area contributed by atoms with Gasteiger partial charge >= 0.3 is 6.02 Å². The number of hydrogen-bond donors (Lipinski definition) is 3. The van der Waals surface area contributed by atoms with Crippen LogP contribution in [0.1, 0.15) is 47.4 Å². The minimum absolute atomic E-state index is 0.0496. The molecule has 9 rings (SSSR count). The highest BCUT2D eigenvalue weighted by molar-refractivity contribution is 6.05. The minimum Gasteiger partial charge on any atom is -0.434 e. The number of allylic oxidation sites excluding steroid dienone is 3. The number of hydrazone groups is 1. The molecular formula is C44H35N5O. The molecule has 242 valence electrons. The molecule has 2 heterocycles. The quantitative estimate of drug-likeness (QED) is 0.168. The van der Waals surface area contributed by atoms with Crippen molar-refractivity contribution in [2.24, 2.45) is 15.8 Å². The summed E-state index contributed by atoms with van der Waals surface area (Å²) in [4.78, 5) is 5.31. The largest absolute Gasteiger partial charge is 0.434 e. The lowest BCUT2D eigenvalue weighted by molar-refractivity contribution is 0.189. The van der Waals surface area contributed by atoms with E-state index in [9.17, 15) is 0 Å². The van der Waals surface area contributed by atoms with E-state index in [-0.39, 0.29) is 12.1 Å². The lowest BCUT2D eigenvalue weighted by Crippen LogP contribution is -2.31. The monoisotopic (exact) mass is 649 g/mol. The van der Waals surface area contributed by atoms with Crippen molar-refractivity contribution < 1.29 is 4.74 Å². The second-order valence-electron chi connectivity index (χ2n) is 12.8. The molecule has 50 heavy (non-hydrogen) atoms. The number of amidine groups is 2. The van der Waals surface area contributed by atoms with Gasteiger partial charge in [0.1, 0.15) is 5.84 Å². The van der Waals surface area contributed by atoms with Gasteiger partial charge in [-0.05, 0) is 74.4 Å². The zero-order chi connectivity index (χ0) is 33.4. The summed E-state index contributed by atoms with van der Waals surface area (Å²) in [5.41, 5.74) is 19.0. The van der Waals surface area contributed by atoms with Gasteiger partial charge in [-0.25, -0.2) is 4.99 Å². The Morgan fingerprint density at radius 1 is 0.700 bits per heavy atom. The van der Waals surface area contributed by atoms with Crippen LogP contribution in [-0.2, 0) is 4.74 Å². The van der Waals surface area contributed by atoms with Crippen LogP contribution >= 0.6 is 0 Å². The predicted molar refractivity (Wildman–Crippen MR) is 204 cm³/mol. The van der Waals surface area contributed by atoms with Gasteiger partial charge in [0, 0.05) is 16.7 Å². The summed E-state index contributed by atoms with van der Waals surface area (Å²) in [5.74, 6) is 0.872. The Hall–Kier alpha value is -6.40. The maximum absolute atomic E-state index is 5.86. The summed E-state index contributed by atoms with van der Waals surface area (Å²) in [7, 11) is 0. The summed E-state index contributed by atoms with van der Waals surface area (Å²) in [6.45, 7) is 0. The van der Waals surface area contributed by atoms with E-state index in [2.05, 4.69) is 155 Å². The Balaban J connectivity index is 1.19. The van der Waals surface area contributed by atoms with Crippen molar-refractivity contribution in [3.8, 4) is 11.1 Å². The van der Waals surface area contributed by atoms with Crippen LogP contribution in [0.5, 0.6) is 0 Å². The first-order valence-corrected chi connectivity index (χ1v) is 17.1. The van der Waals surface area contributed by atoms with Gasteiger partial charge < -0.3 is 15.8 Å². The third kappa shape index (κ3) is 5.41. The molecule has 0 amide bonds. The summed E-state index contributed by atoms with van der Waals surface area (Å²) in [5, 5.41) is 12.7. The van der Waals surface area contributed by atoms with E-state index in [0.717, 1.165) is 52.2 Å². The van der Waals surface area contributed by atoms with Crippen molar-refractivity contribution in [2.75, 3.05) is 0 Å². The van der Waals surface area contributed by atoms with Crippen LogP contribution in [0.15, 0.2) is 173 Å². The molecule has 0 radical (unpaired) electrons. The average Bonchev–Trinajstić information content (AvgIpc) is 3.63. The van der Waals surface area contributed by atoms with Crippen LogP contribution in [0.2, 0.25) is 0 Å². The molecule has 6 aromatic rings. The smallest absolute Gasteiger partial charge is 0.306 e. The van der Waals surface area contributed by atoms with Crippen molar-refractivity contribution in [1.82, 2.24) is 10.7 Å². The van der Waals surface area contributed by atoms with Gasteiger partial charge in [0.25, 0.3) is 0 Å². The topological polar surface area (TPSA) is 84.0 Å². The number of hydrogen-bond acceptors (Lipinski definition) is 6. The van der Waals surface area contributed by atoms with Crippen LogP contribution < -0.4 is 16.5 Å². The average molecular weight is 650 g/mol. The molecule has 0 saturated carbocycles. The molecule has 0 spiro atoms. The molecule has 1 aliphatic carbocycles. The normalized spacial score (nSPS) is 18.6. The number of aliphatic imine (C=N–C) groups is 1. The Morgan fingerprint density at radius 2 is 1.44 bits per heavy atom. The van der Waals surface area contributed by atoms with E-state index in [4.69, 9.17) is 15.5 Å². The van der Waals surface area contributed by atoms with Gasteiger partial charge in [0.2, 0.25) is 6.23 Å². The summed E-state index contributed by atoms with van der Waals surface area (Å²) in [6.07, 6.45) is 8.28. The number of benzene rings is 6. The Bertz CT molecular complexity index is 2440. The van der Waals surface area contributed by atoms with Crippen LogP contribution in [0.3, 0.4) is 0 Å². The first-order valence-electron chi connectivity index (χ1n) is 17.1. The van der Waals surface area contributed by atoms with E-state index >= 15 is 0 Å². The number of nitrogens with zero attached hydrogens (tertiary/aromatic N) is 2. The second kappa shape index (κ2) is 12.6. The Labute approximate surface area is 291 Å². The van der Waals surface area contributed by atoms with E-state index in [1.54, 1.807) is 0 Å². The Morgan fingerprint density at radius 3 is 2.28 bits per heavy atom. The molecule has 0 saturated heterocycles. The van der Waals surface area contributed by atoms with Crippen LogP contribution in [0.25, 0.3) is 38.2 Å². The van der Waals surface area contributed by atoms with Gasteiger partial charge in [-0.2, -0.15) is 0 Å². The highest BCUT2D eigenvalue weighted by Gasteiger charge is 2.26. The predicted octanol–water partition coefficient (Wildman–Crippen LogP) is 9.29. The number of ether oxygens (including phenoxy) is 1. The molecule has 0 bridgehead atoms. The minimum atomic E-state index is -0.443. The Kier molecular flexibility index (Phi) is 7.47. The number of nitrogens with two attached hydrogens (primary N) is 1. The molecule has 3 aliphatic rings. The van der Waals surface area contributed by atoms with Crippen molar-refractivity contribution >= 4 is 39.0 Å². The maximum atomic E-state index is 5.86. The van der Waals surface area contributed by atoms with Gasteiger partial charge in [-0.3, -0.25) is 5.43 Å². The first-order chi connectivity index (χ1) is 24.7. The molecule has 4 N–H and O–H groups in total. The lowest BCUT2D eigenvalue weighted by atomic mass is 9.85. The van der Waals surface area contributed by atoms with Crippen LogP contribution in [-0.4, -0.2) is 11.9 Å². The molecule has 2 atom stereocenters. The highest BCUT2D eigenvalue weighted by Crippen LogP contribution is 2.41. The van der Waals surface area contributed by atoms with Gasteiger partial charge in [0.15, 0.2) is 0 Å². The van der Waals surface area contributed by atoms with Crippen molar-refractivity contribution in [2.45, 2.75) is 25.1 Å². The van der Waals surface area contributed by atoms with Crippen molar-refractivity contribution in [1.29, 1.82) is 0 Å². The highest BCUT2D eigenvalue weighted by atomic mass is 16.5. The first kappa shape index (κ1) is 29.7. The summed E-state index contributed by atoms with van der Waals surface area (Å²) >= 11 is 0. The summed E-state index contributed by atoms with van der Waals surface area (Å²) in [6, 6.07) is 47.2. The van der Waals surface area contributed by atoms with E-state index in [0.29, 0.717) is 0 Å². The SMILES string of the molecule is NC1=NNC(c2ccccc2-c2cccc3c(C4=C(C5=CC(c6ccc7ccccc7c6)NC(c6ccccc6)=N5)C=CCC4)cccc23)O1. The fourth-order valence-corrected chi connectivity index (χ4v) is 7.40. The molecule has 0 aromatic heterocycles. The standard InChI is InChI=1S/C44H35N5O/c45-44-49-48-43(50-44)39-19-9-7-17-37(39)35-23-11-20-32-33(35)21-10-22-34(32)36-16-6-8-18-38(36)41-27-40(46-42(47-41)29-13-2-1-3-14-29)31-25-24-28-12-4-5-15-30(28)26-31/h1-5,7-15,17-27,40,43,48H,6,16H2,(H2,45,49)(H,46,47). The van der Waals surface area contributed by atoms with Gasteiger partial charge in [0.05, 0.1) is 11.7 Å². The van der Waals surface area contributed by atoms with Crippen LogP contribution in [0, 0.1) is 0 Å². The third-order valence-electron chi connectivity index (χ3n) is 9.79. The van der Waals surface area contributed by atoms with Crippen LogP contribution in [0.4, 0.5) is 0 Å². The zero-order valence-corrected chi connectivity index (χ0v) is 27.4. The van der Waals surface area contributed by atoms with E-state index in [1.807, 2.05) is 12.1 Å². The lowest BCUT2D eigenvalue weighted by Gasteiger charge is -2.27. The van der Waals surface area contributed by atoms with E-state index in [1.165, 1.54) is 38.2 Å². The molecule has 6 nitrogen and oxygen atoms in total. The molecule has 2 unspecified atom stereocenters. The molecule has 6 aromatic carbocycles. The number of nitrogens with one attached hydrogen (secondary N) is 2. The fourth-order valence-electron chi connectivity index (χ4n) is 7.40. The second-order valence-corrected chi connectivity index (χ2v) is 12.8. The van der Waals surface area contributed by atoms with Gasteiger partial charge in [-0.1, -0.05) is 140 Å². The van der Waals surface area contributed by atoms with E-state index < -0.39 is 6.23 Å². The summed E-state index contributed by atoms with van der Waals surface area (Å²) < 4.78 is 5.80. The fraction of sp³-hybridized carbons (Fsp3) is 0.0909.